The second kappa shape index (κ2) is 6.39. The average Bonchev–Trinajstić information content (AvgIpc) is 2.91. The molecule has 5 nitrogen and oxygen atoms in total. The predicted octanol–water partition coefficient (Wildman–Crippen LogP) is 4.74. The molecule has 5 heteroatoms. The Morgan fingerprint density at radius 1 is 1.04 bits per heavy atom. The SMILES string of the molecule is CC(C)(C)c1cc(-c2cc(/C=C/C(=O)O)on2)cc(C(C)(C)C)c1O. The fourth-order valence-corrected chi connectivity index (χ4v) is 2.58. The van der Waals surface area contributed by atoms with Crippen molar-refractivity contribution in [3.63, 3.8) is 0 Å². The van der Waals surface area contributed by atoms with Crippen LogP contribution >= 0.6 is 0 Å². The van der Waals surface area contributed by atoms with Crippen LogP contribution < -0.4 is 0 Å². The van der Waals surface area contributed by atoms with Crippen molar-refractivity contribution in [1.29, 1.82) is 0 Å². The van der Waals surface area contributed by atoms with E-state index in [1.807, 2.05) is 53.7 Å². The number of aliphatic carboxylic acids is 1. The van der Waals surface area contributed by atoms with Gasteiger partial charge in [-0.2, -0.15) is 0 Å². The summed E-state index contributed by atoms with van der Waals surface area (Å²) in [5.74, 6) is -0.383. The normalized spacial score (nSPS) is 12.7. The fraction of sp³-hybridized carbons (Fsp3) is 0.400. The summed E-state index contributed by atoms with van der Waals surface area (Å²) in [6, 6.07) is 5.50. The van der Waals surface area contributed by atoms with E-state index < -0.39 is 5.97 Å². The lowest BCUT2D eigenvalue weighted by Crippen LogP contribution is -2.17. The molecule has 0 saturated carbocycles. The Kier molecular flexibility index (Phi) is 4.80. The number of carboxylic acid groups (broad SMARTS) is 1. The number of carbonyl (C=O) groups is 1. The minimum absolute atomic E-state index is 0.240. The molecule has 0 aliphatic carbocycles. The minimum Gasteiger partial charge on any atom is -0.507 e. The molecule has 1 aromatic carbocycles. The average molecular weight is 343 g/mol. The van der Waals surface area contributed by atoms with Gasteiger partial charge in [0.1, 0.15) is 11.4 Å². The van der Waals surface area contributed by atoms with Gasteiger partial charge in [0.2, 0.25) is 0 Å². The number of benzene rings is 1. The number of carboxylic acids is 1. The molecule has 2 N–H and O–H groups in total. The number of aromatic hydroxyl groups is 1. The minimum atomic E-state index is -1.05. The van der Waals surface area contributed by atoms with E-state index in [2.05, 4.69) is 5.16 Å². The van der Waals surface area contributed by atoms with E-state index in [1.54, 1.807) is 6.07 Å². The van der Waals surface area contributed by atoms with Gasteiger partial charge in [-0.1, -0.05) is 46.7 Å². The lowest BCUT2D eigenvalue weighted by atomic mass is 9.78. The van der Waals surface area contributed by atoms with Crippen LogP contribution in [0.4, 0.5) is 0 Å². The maximum Gasteiger partial charge on any atom is 0.328 e. The Balaban J connectivity index is 2.60. The molecule has 134 valence electrons. The van der Waals surface area contributed by atoms with Crippen molar-refractivity contribution >= 4 is 12.0 Å². The number of hydrogen-bond donors (Lipinski definition) is 2. The molecule has 2 rings (SSSR count). The van der Waals surface area contributed by atoms with E-state index in [0.717, 1.165) is 22.8 Å². The maximum atomic E-state index is 10.8. The van der Waals surface area contributed by atoms with Crippen LogP contribution in [-0.4, -0.2) is 21.3 Å². The quantitative estimate of drug-likeness (QED) is 0.786. The fourth-order valence-electron chi connectivity index (χ4n) is 2.58. The van der Waals surface area contributed by atoms with Crippen LogP contribution in [0.15, 0.2) is 28.8 Å². The summed E-state index contributed by atoms with van der Waals surface area (Å²) in [5.41, 5.74) is 2.61. The third-order valence-corrected chi connectivity index (χ3v) is 3.94. The lowest BCUT2D eigenvalue weighted by molar-refractivity contribution is -0.131. The highest BCUT2D eigenvalue weighted by atomic mass is 16.5. The first kappa shape index (κ1) is 18.8. The van der Waals surface area contributed by atoms with Crippen LogP contribution in [0.1, 0.15) is 58.4 Å². The Morgan fingerprint density at radius 2 is 1.56 bits per heavy atom. The van der Waals surface area contributed by atoms with Crippen molar-refractivity contribution in [3.05, 3.63) is 41.2 Å². The molecular formula is C20H25NO4. The molecule has 0 atom stereocenters. The molecule has 0 amide bonds. The largest absolute Gasteiger partial charge is 0.507 e. The van der Waals surface area contributed by atoms with E-state index in [1.165, 1.54) is 6.08 Å². The molecule has 0 spiro atoms. The van der Waals surface area contributed by atoms with E-state index in [4.69, 9.17) is 9.63 Å². The summed E-state index contributed by atoms with van der Waals surface area (Å²) >= 11 is 0. The van der Waals surface area contributed by atoms with Crippen molar-refractivity contribution in [3.8, 4) is 17.0 Å². The van der Waals surface area contributed by atoms with Crippen molar-refractivity contribution < 1.29 is 19.5 Å². The first-order valence-electron chi connectivity index (χ1n) is 8.15. The van der Waals surface area contributed by atoms with Gasteiger partial charge in [-0.15, -0.1) is 0 Å². The van der Waals surface area contributed by atoms with Gasteiger partial charge in [-0.25, -0.2) is 4.79 Å². The number of phenols is 1. The lowest BCUT2D eigenvalue weighted by Gasteiger charge is -2.28. The monoisotopic (exact) mass is 343 g/mol. The number of nitrogens with zero attached hydrogens (tertiary/aromatic N) is 1. The first-order chi connectivity index (χ1) is 11.4. The third-order valence-electron chi connectivity index (χ3n) is 3.94. The van der Waals surface area contributed by atoms with E-state index in [-0.39, 0.29) is 10.8 Å². The van der Waals surface area contributed by atoms with Gasteiger partial charge in [0.15, 0.2) is 5.76 Å². The molecule has 1 heterocycles. The van der Waals surface area contributed by atoms with Crippen LogP contribution in [-0.2, 0) is 15.6 Å². The third kappa shape index (κ3) is 4.29. The van der Waals surface area contributed by atoms with Crippen molar-refractivity contribution in [2.75, 3.05) is 0 Å². The Labute approximate surface area is 148 Å². The summed E-state index contributed by atoms with van der Waals surface area (Å²) < 4.78 is 5.19. The van der Waals surface area contributed by atoms with Gasteiger partial charge in [-0.05, 0) is 29.0 Å². The summed E-state index contributed by atoms with van der Waals surface area (Å²) in [5, 5.41) is 23.5. The second-order valence-corrected chi connectivity index (χ2v) is 8.21. The Bertz CT molecular complexity index is 782. The van der Waals surface area contributed by atoms with Crippen molar-refractivity contribution in [1.82, 2.24) is 5.16 Å². The standard InChI is InChI=1S/C20H25NO4/c1-19(2,3)14-9-12(10-15(18(14)24)20(4,5)6)16-11-13(25-21-16)7-8-17(22)23/h7-11,24H,1-6H3,(H,22,23)/b8-7+. The van der Waals surface area contributed by atoms with Gasteiger partial charge in [-0.3, -0.25) is 0 Å². The molecule has 0 unspecified atom stereocenters. The number of aromatic nitrogens is 1. The van der Waals surface area contributed by atoms with Gasteiger partial charge in [0.05, 0.1) is 0 Å². The summed E-state index contributed by atoms with van der Waals surface area (Å²) in [7, 11) is 0. The zero-order chi connectivity index (χ0) is 19.0. The predicted molar refractivity (Wildman–Crippen MR) is 97.7 cm³/mol. The molecule has 0 radical (unpaired) electrons. The molecule has 0 aliphatic heterocycles. The van der Waals surface area contributed by atoms with Crippen LogP contribution in [0, 0.1) is 0 Å². The van der Waals surface area contributed by atoms with Gasteiger partial charge >= 0.3 is 5.97 Å². The Hall–Kier alpha value is -2.56. The number of phenolic OH excluding ortho intramolecular Hbond substituents is 1. The summed E-state index contributed by atoms with van der Waals surface area (Å²) in [6.07, 6.45) is 2.36. The van der Waals surface area contributed by atoms with Crippen LogP contribution in [0.2, 0.25) is 0 Å². The number of hydrogen-bond acceptors (Lipinski definition) is 4. The van der Waals surface area contributed by atoms with E-state index >= 15 is 0 Å². The molecule has 25 heavy (non-hydrogen) atoms. The van der Waals surface area contributed by atoms with E-state index in [9.17, 15) is 9.90 Å². The molecular weight excluding hydrogens is 318 g/mol. The molecule has 1 aromatic heterocycles. The van der Waals surface area contributed by atoms with Crippen LogP contribution in [0.5, 0.6) is 5.75 Å². The van der Waals surface area contributed by atoms with Crippen LogP contribution in [0.3, 0.4) is 0 Å². The van der Waals surface area contributed by atoms with Gasteiger partial charge in [0.25, 0.3) is 0 Å². The smallest absolute Gasteiger partial charge is 0.328 e. The van der Waals surface area contributed by atoms with Crippen molar-refractivity contribution in [2.24, 2.45) is 0 Å². The van der Waals surface area contributed by atoms with Crippen LogP contribution in [0.25, 0.3) is 17.3 Å². The first-order valence-corrected chi connectivity index (χ1v) is 8.15. The highest BCUT2D eigenvalue weighted by molar-refractivity contribution is 5.85. The van der Waals surface area contributed by atoms with Gasteiger partial charge < -0.3 is 14.7 Å². The van der Waals surface area contributed by atoms with Gasteiger partial charge in [0, 0.05) is 28.8 Å². The maximum absolute atomic E-state index is 10.8. The Morgan fingerprint density at radius 3 is 2.00 bits per heavy atom. The second-order valence-electron chi connectivity index (χ2n) is 8.21. The van der Waals surface area contributed by atoms with Crippen molar-refractivity contribution in [2.45, 2.75) is 52.4 Å². The zero-order valence-electron chi connectivity index (χ0n) is 15.5. The molecule has 0 aliphatic rings. The molecule has 0 saturated heterocycles. The number of rotatable bonds is 3. The highest BCUT2D eigenvalue weighted by Gasteiger charge is 2.27. The summed E-state index contributed by atoms with van der Waals surface area (Å²) in [4.78, 5) is 10.6. The van der Waals surface area contributed by atoms with E-state index in [0.29, 0.717) is 17.2 Å². The topological polar surface area (TPSA) is 83.6 Å². The molecule has 0 fully saturated rings. The summed E-state index contributed by atoms with van der Waals surface area (Å²) in [6.45, 7) is 12.3. The molecule has 2 aromatic rings. The molecule has 0 bridgehead atoms. The highest BCUT2D eigenvalue weighted by Crippen LogP contribution is 2.41. The zero-order valence-corrected chi connectivity index (χ0v) is 15.5.